The monoisotopic (exact) mass is 315 g/mol. The molecule has 1 atom stereocenters. The van der Waals surface area contributed by atoms with Gasteiger partial charge in [0.2, 0.25) is 6.79 Å². The minimum absolute atomic E-state index is 0.0183. The molecular formula is C14H15F2NO5. The van der Waals surface area contributed by atoms with Crippen molar-refractivity contribution in [2.45, 2.75) is 32.0 Å². The van der Waals surface area contributed by atoms with Gasteiger partial charge < -0.3 is 19.3 Å². The molecule has 0 aliphatic carbocycles. The molecule has 120 valence electrons. The molecular weight excluding hydrogens is 300 g/mol. The maximum atomic E-state index is 12.6. The van der Waals surface area contributed by atoms with Crippen molar-refractivity contribution in [3.8, 4) is 17.2 Å². The molecule has 1 aromatic carbocycles. The van der Waals surface area contributed by atoms with Crippen LogP contribution in [0.2, 0.25) is 0 Å². The van der Waals surface area contributed by atoms with Crippen molar-refractivity contribution >= 4 is 5.97 Å². The highest BCUT2D eigenvalue weighted by molar-refractivity contribution is 5.73. The maximum Gasteiger partial charge on any atom is 0.387 e. The molecule has 0 radical (unpaired) electrons. The summed E-state index contributed by atoms with van der Waals surface area (Å²) in [5, 5.41) is 9.19. The molecule has 0 amide bonds. The van der Waals surface area contributed by atoms with Crippen LogP contribution in [0.5, 0.6) is 17.2 Å². The third-order valence-electron chi connectivity index (χ3n) is 3.79. The van der Waals surface area contributed by atoms with Crippen molar-refractivity contribution in [1.29, 1.82) is 0 Å². The third kappa shape index (κ3) is 2.92. The van der Waals surface area contributed by atoms with Gasteiger partial charge in [-0.15, -0.1) is 0 Å². The Balaban J connectivity index is 1.86. The quantitative estimate of drug-likeness (QED) is 0.897. The lowest BCUT2D eigenvalue weighted by molar-refractivity contribution is -0.142. The predicted octanol–water partition coefficient (Wildman–Crippen LogP) is 2.07. The number of benzene rings is 1. The standard InChI is InChI=1S/C14H15F2NO5/c15-14(16)22-10-5-12-11(20-7-21-12)4-8(10)6-17-3-1-2-9(17)13(18)19/h4-5,9,14H,1-3,6-7H2,(H,18,19)/t9-/m0/s1. The number of carboxylic acid groups (broad SMARTS) is 1. The fourth-order valence-electron chi connectivity index (χ4n) is 2.81. The van der Waals surface area contributed by atoms with Gasteiger partial charge in [0.05, 0.1) is 0 Å². The Morgan fingerprint density at radius 1 is 1.41 bits per heavy atom. The van der Waals surface area contributed by atoms with E-state index in [1.165, 1.54) is 6.07 Å². The number of halogens is 2. The van der Waals surface area contributed by atoms with Crippen LogP contribution in [-0.2, 0) is 11.3 Å². The number of hydrogen-bond donors (Lipinski definition) is 1. The van der Waals surface area contributed by atoms with Crippen molar-refractivity contribution in [1.82, 2.24) is 4.90 Å². The molecule has 2 aliphatic heterocycles. The van der Waals surface area contributed by atoms with Gasteiger partial charge in [-0.3, -0.25) is 9.69 Å². The Morgan fingerprint density at radius 3 is 2.82 bits per heavy atom. The Labute approximate surface area is 125 Å². The number of hydrogen-bond acceptors (Lipinski definition) is 5. The molecule has 2 heterocycles. The topological polar surface area (TPSA) is 68.2 Å². The second-order valence-electron chi connectivity index (χ2n) is 5.16. The highest BCUT2D eigenvalue weighted by Crippen LogP contribution is 2.39. The van der Waals surface area contributed by atoms with E-state index in [4.69, 9.17) is 9.47 Å². The van der Waals surface area contributed by atoms with Crippen LogP contribution in [0.15, 0.2) is 12.1 Å². The fourth-order valence-corrected chi connectivity index (χ4v) is 2.81. The van der Waals surface area contributed by atoms with E-state index in [1.54, 1.807) is 11.0 Å². The SMILES string of the molecule is O=C(O)[C@@H]1CCCN1Cc1cc2c(cc1OC(F)F)OCO2. The van der Waals surface area contributed by atoms with Crippen LogP contribution >= 0.6 is 0 Å². The van der Waals surface area contributed by atoms with Crippen molar-refractivity contribution in [2.75, 3.05) is 13.3 Å². The Bertz CT molecular complexity index is 581. The van der Waals surface area contributed by atoms with Crippen LogP contribution in [0.4, 0.5) is 8.78 Å². The first kappa shape index (κ1) is 14.8. The number of carbonyl (C=O) groups is 1. The number of fused-ring (bicyclic) bond motifs is 1. The van der Waals surface area contributed by atoms with E-state index in [0.29, 0.717) is 30.0 Å². The molecule has 0 spiro atoms. The molecule has 0 unspecified atom stereocenters. The summed E-state index contributed by atoms with van der Waals surface area (Å²) in [6, 6.07) is 2.32. The summed E-state index contributed by atoms with van der Waals surface area (Å²) in [4.78, 5) is 12.9. The number of ether oxygens (including phenoxy) is 3. The van der Waals surface area contributed by atoms with E-state index >= 15 is 0 Å². The van der Waals surface area contributed by atoms with Crippen molar-refractivity contribution in [3.63, 3.8) is 0 Å². The van der Waals surface area contributed by atoms with Gasteiger partial charge in [0.25, 0.3) is 0 Å². The number of alkyl halides is 2. The maximum absolute atomic E-state index is 12.6. The predicted molar refractivity (Wildman–Crippen MR) is 70.3 cm³/mol. The van der Waals surface area contributed by atoms with E-state index in [2.05, 4.69) is 4.74 Å². The largest absolute Gasteiger partial charge is 0.480 e. The van der Waals surface area contributed by atoms with E-state index in [9.17, 15) is 18.7 Å². The zero-order valence-corrected chi connectivity index (χ0v) is 11.6. The summed E-state index contributed by atoms with van der Waals surface area (Å²) < 4.78 is 40.1. The lowest BCUT2D eigenvalue weighted by Gasteiger charge is -2.22. The van der Waals surface area contributed by atoms with Crippen LogP contribution in [0.3, 0.4) is 0 Å². The van der Waals surface area contributed by atoms with Gasteiger partial charge in [-0.05, 0) is 25.5 Å². The summed E-state index contributed by atoms with van der Waals surface area (Å²) >= 11 is 0. The van der Waals surface area contributed by atoms with Crippen molar-refractivity contribution in [3.05, 3.63) is 17.7 Å². The van der Waals surface area contributed by atoms with Gasteiger partial charge in [-0.2, -0.15) is 8.78 Å². The van der Waals surface area contributed by atoms with Gasteiger partial charge in [0.15, 0.2) is 11.5 Å². The second-order valence-corrected chi connectivity index (χ2v) is 5.16. The fraction of sp³-hybridized carbons (Fsp3) is 0.500. The van der Waals surface area contributed by atoms with Gasteiger partial charge >= 0.3 is 12.6 Å². The minimum Gasteiger partial charge on any atom is -0.480 e. The molecule has 1 saturated heterocycles. The van der Waals surface area contributed by atoms with E-state index in [-0.39, 0.29) is 19.1 Å². The molecule has 3 rings (SSSR count). The number of nitrogens with zero attached hydrogens (tertiary/aromatic N) is 1. The summed E-state index contributed by atoms with van der Waals surface area (Å²) in [6.07, 6.45) is 1.30. The van der Waals surface area contributed by atoms with Crippen molar-refractivity contribution < 1.29 is 32.9 Å². The van der Waals surface area contributed by atoms with Gasteiger partial charge in [0.1, 0.15) is 11.8 Å². The summed E-state index contributed by atoms with van der Waals surface area (Å²) in [5.41, 5.74) is 0.456. The Morgan fingerprint density at radius 2 is 2.14 bits per heavy atom. The lowest BCUT2D eigenvalue weighted by Crippen LogP contribution is -2.35. The molecule has 22 heavy (non-hydrogen) atoms. The van der Waals surface area contributed by atoms with Crippen LogP contribution < -0.4 is 14.2 Å². The first-order valence-electron chi connectivity index (χ1n) is 6.89. The highest BCUT2D eigenvalue weighted by Gasteiger charge is 2.31. The first-order chi connectivity index (χ1) is 10.5. The van der Waals surface area contributed by atoms with Gasteiger partial charge in [0, 0.05) is 18.2 Å². The molecule has 6 nitrogen and oxygen atoms in total. The third-order valence-corrected chi connectivity index (χ3v) is 3.79. The molecule has 1 aromatic rings. The number of likely N-dealkylation sites (tertiary alicyclic amines) is 1. The molecule has 2 aliphatic rings. The van der Waals surface area contributed by atoms with Crippen LogP contribution in [0.25, 0.3) is 0 Å². The Hall–Kier alpha value is -2.09. The number of aliphatic carboxylic acids is 1. The highest BCUT2D eigenvalue weighted by atomic mass is 19.3. The van der Waals surface area contributed by atoms with Crippen LogP contribution in [0.1, 0.15) is 18.4 Å². The molecule has 8 heteroatoms. The minimum atomic E-state index is -2.96. The molecule has 0 bridgehead atoms. The molecule has 0 saturated carbocycles. The number of carboxylic acids is 1. The molecule has 0 aromatic heterocycles. The smallest absolute Gasteiger partial charge is 0.387 e. The number of rotatable bonds is 5. The lowest BCUT2D eigenvalue weighted by atomic mass is 10.1. The summed E-state index contributed by atoms with van der Waals surface area (Å²) in [5.74, 6) is -0.136. The van der Waals surface area contributed by atoms with Crippen LogP contribution in [0, 0.1) is 0 Å². The van der Waals surface area contributed by atoms with E-state index in [0.717, 1.165) is 6.42 Å². The molecule has 1 fully saturated rings. The van der Waals surface area contributed by atoms with Gasteiger partial charge in [-0.25, -0.2) is 0 Å². The van der Waals surface area contributed by atoms with Gasteiger partial charge in [-0.1, -0.05) is 0 Å². The molecule has 1 N–H and O–H groups in total. The zero-order valence-electron chi connectivity index (χ0n) is 11.6. The van der Waals surface area contributed by atoms with Crippen molar-refractivity contribution in [2.24, 2.45) is 0 Å². The summed E-state index contributed by atoms with van der Waals surface area (Å²) in [7, 11) is 0. The average Bonchev–Trinajstić information content (AvgIpc) is 3.06. The first-order valence-corrected chi connectivity index (χ1v) is 6.89. The van der Waals surface area contributed by atoms with E-state index in [1.807, 2.05) is 0 Å². The average molecular weight is 315 g/mol. The summed E-state index contributed by atoms with van der Waals surface area (Å²) in [6.45, 7) is -2.14. The second kappa shape index (κ2) is 5.96. The zero-order chi connectivity index (χ0) is 15.7. The van der Waals surface area contributed by atoms with Crippen LogP contribution in [-0.4, -0.2) is 42.0 Å². The normalized spacial score (nSPS) is 20.6. The van der Waals surface area contributed by atoms with E-state index < -0.39 is 18.6 Å². The Kier molecular flexibility index (Phi) is 4.02.